The molecule has 1 amide bonds. The first-order valence-electron chi connectivity index (χ1n) is 9.94. The maximum Gasteiger partial charge on any atom is 0.252 e. The zero-order valence-corrected chi connectivity index (χ0v) is 16.7. The first-order valence-corrected chi connectivity index (χ1v) is 9.94. The summed E-state index contributed by atoms with van der Waals surface area (Å²) in [6, 6.07) is 18.1. The second-order valence-corrected chi connectivity index (χ2v) is 7.38. The van der Waals surface area contributed by atoms with Crippen LogP contribution in [0.1, 0.15) is 30.9 Å². The van der Waals surface area contributed by atoms with Gasteiger partial charge >= 0.3 is 0 Å². The molecule has 1 heterocycles. The number of para-hydroxylation sites is 1. The molecule has 0 bridgehead atoms. The monoisotopic (exact) mass is 382 g/mol. The number of ether oxygens (including phenoxy) is 2. The number of carbonyl (C=O) groups is 1. The molecule has 5 nitrogen and oxygen atoms in total. The Morgan fingerprint density at radius 3 is 2.57 bits per heavy atom. The maximum atomic E-state index is 13.3. The van der Waals surface area contributed by atoms with Gasteiger partial charge < -0.3 is 20.1 Å². The lowest BCUT2D eigenvalue weighted by Crippen LogP contribution is -2.45. The zero-order valence-electron chi connectivity index (χ0n) is 16.7. The molecule has 3 rings (SSSR count). The highest BCUT2D eigenvalue weighted by Crippen LogP contribution is 2.25. The molecule has 1 unspecified atom stereocenters. The molecular weight excluding hydrogens is 352 g/mol. The number of methoxy groups -OCH3 is 1. The summed E-state index contributed by atoms with van der Waals surface area (Å²) in [5.74, 6) is 0.893. The summed E-state index contributed by atoms with van der Waals surface area (Å²) in [5.41, 5.74) is 7.93. The molecule has 0 aliphatic carbocycles. The summed E-state index contributed by atoms with van der Waals surface area (Å²) in [7, 11) is 1.68. The quantitative estimate of drug-likeness (QED) is 0.762. The molecule has 28 heavy (non-hydrogen) atoms. The van der Waals surface area contributed by atoms with Crippen molar-refractivity contribution in [1.29, 1.82) is 0 Å². The highest BCUT2D eigenvalue weighted by atomic mass is 16.5. The molecule has 2 aromatic carbocycles. The minimum atomic E-state index is -0.405. The largest absolute Gasteiger partial charge is 0.496 e. The summed E-state index contributed by atoms with van der Waals surface area (Å²) < 4.78 is 11.4. The summed E-state index contributed by atoms with van der Waals surface area (Å²) in [6.45, 7) is 3.10. The minimum Gasteiger partial charge on any atom is -0.496 e. The molecular formula is C23H30N2O3. The van der Waals surface area contributed by atoms with Gasteiger partial charge in [-0.2, -0.15) is 0 Å². The van der Waals surface area contributed by atoms with Crippen molar-refractivity contribution >= 4 is 5.91 Å². The van der Waals surface area contributed by atoms with Crippen LogP contribution in [0.15, 0.2) is 54.6 Å². The van der Waals surface area contributed by atoms with Crippen molar-refractivity contribution in [1.82, 2.24) is 4.90 Å². The van der Waals surface area contributed by atoms with Crippen molar-refractivity contribution in [3.63, 3.8) is 0 Å². The molecule has 0 spiro atoms. The number of hydrogen-bond acceptors (Lipinski definition) is 4. The predicted molar refractivity (Wildman–Crippen MR) is 110 cm³/mol. The van der Waals surface area contributed by atoms with Crippen molar-refractivity contribution in [2.45, 2.75) is 51.0 Å². The fourth-order valence-electron chi connectivity index (χ4n) is 3.78. The van der Waals surface area contributed by atoms with Gasteiger partial charge in [0.25, 0.3) is 5.91 Å². The van der Waals surface area contributed by atoms with Crippen LogP contribution in [-0.2, 0) is 22.5 Å². The Labute approximate surface area is 167 Å². The van der Waals surface area contributed by atoms with Gasteiger partial charge in [0.05, 0.1) is 13.2 Å². The molecule has 5 heteroatoms. The van der Waals surface area contributed by atoms with Crippen molar-refractivity contribution in [2.75, 3.05) is 13.7 Å². The Balaban J connectivity index is 1.79. The number of benzene rings is 2. The summed E-state index contributed by atoms with van der Waals surface area (Å²) in [5, 5.41) is 0. The van der Waals surface area contributed by atoms with Crippen LogP contribution in [0.5, 0.6) is 5.75 Å². The van der Waals surface area contributed by atoms with E-state index in [-0.39, 0.29) is 18.1 Å². The molecule has 150 valence electrons. The molecule has 2 N–H and O–H groups in total. The van der Waals surface area contributed by atoms with E-state index in [1.54, 1.807) is 7.11 Å². The SMILES string of the molecule is COc1ccccc1CC(C)N(Cc1ccccc1)C(=O)[C@@H]1CC[C@H](CN)O1. The van der Waals surface area contributed by atoms with E-state index in [0.29, 0.717) is 13.1 Å². The summed E-state index contributed by atoms with van der Waals surface area (Å²) >= 11 is 0. The van der Waals surface area contributed by atoms with Crippen LogP contribution in [0.2, 0.25) is 0 Å². The molecule has 1 aliphatic heterocycles. The summed E-state index contributed by atoms with van der Waals surface area (Å²) in [4.78, 5) is 15.3. The number of hydrogen-bond donors (Lipinski definition) is 1. The molecule has 0 radical (unpaired) electrons. The Hall–Kier alpha value is -2.37. The molecule has 0 aromatic heterocycles. The minimum absolute atomic E-state index is 0.00420. The number of amides is 1. The normalized spacial score (nSPS) is 20.0. The van der Waals surface area contributed by atoms with Crippen LogP contribution in [0.4, 0.5) is 0 Å². The van der Waals surface area contributed by atoms with Crippen molar-refractivity contribution in [2.24, 2.45) is 5.73 Å². The Morgan fingerprint density at radius 1 is 1.18 bits per heavy atom. The van der Waals surface area contributed by atoms with Crippen molar-refractivity contribution in [3.8, 4) is 5.75 Å². The van der Waals surface area contributed by atoms with Crippen molar-refractivity contribution in [3.05, 3.63) is 65.7 Å². The standard InChI is InChI=1S/C23H30N2O3/c1-17(14-19-10-6-7-11-21(19)27-2)25(16-18-8-4-3-5-9-18)23(26)22-13-12-20(15-24)28-22/h3-11,17,20,22H,12-16,24H2,1-2H3/t17?,20-,22+/m1/s1. The first kappa shape index (κ1) is 20.4. The van der Waals surface area contributed by atoms with E-state index in [4.69, 9.17) is 15.2 Å². The lowest BCUT2D eigenvalue weighted by atomic mass is 10.0. The third-order valence-corrected chi connectivity index (χ3v) is 5.36. The van der Waals surface area contributed by atoms with E-state index >= 15 is 0 Å². The van der Waals surface area contributed by atoms with Gasteiger partial charge in [-0.05, 0) is 43.4 Å². The molecule has 0 saturated carbocycles. The zero-order chi connectivity index (χ0) is 19.9. The average Bonchev–Trinajstić information content (AvgIpc) is 3.22. The molecule has 1 aliphatic rings. The van der Waals surface area contributed by atoms with Crippen LogP contribution >= 0.6 is 0 Å². The Morgan fingerprint density at radius 2 is 1.89 bits per heavy atom. The van der Waals surface area contributed by atoms with E-state index in [1.807, 2.05) is 53.4 Å². The van der Waals surface area contributed by atoms with Gasteiger partial charge in [0, 0.05) is 19.1 Å². The average molecular weight is 383 g/mol. The van der Waals surface area contributed by atoms with E-state index in [0.717, 1.165) is 36.1 Å². The fourth-order valence-corrected chi connectivity index (χ4v) is 3.78. The highest BCUT2D eigenvalue weighted by Gasteiger charge is 2.34. The maximum absolute atomic E-state index is 13.3. The molecule has 1 fully saturated rings. The van der Waals surface area contributed by atoms with E-state index < -0.39 is 6.10 Å². The van der Waals surface area contributed by atoms with E-state index in [1.165, 1.54) is 0 Å². The third-order valence-electron chi connectivity index (χ3n) is 5.36. The smallest absolute Gasteiger partial charge is 0.252 e. The van der Waals surface area contributed by atoms with E-state index in [2.05, 4.69) is 13.0 Å². The van der Waals surface area contributed by atoms with Crippen LogP contribution in [-0.4, -0.2) is 42.7 Å². The predicted octanol–water partition coefficient (Wildman–Crippen LogP) is 3.16. The van der Waals surface area contributed by atoms with Gasteiger partial charge in [0.1, 0.15) is 11.9 Å². The second kappa shape index (κ2) is 9.71. The molecule has 1 saturated heterocycles. The van der Waals surface area contributed by atoms with Gasteiger partial charge in [-0.1, -0.05) is 48.5 Å². The fraction of sp³-hybridized carbons (Fsp3) is 0.435. The lowest BCUT2D eigenvalue weighted by Gasteiger charge is -2.32. The third kappa shape index (κ3) is 4.91. The topological polar surface area (TPSA) is 64.8 Å². The summed E-state index contributed by atoms with van der Waals surface area (Å²) in [6.07, 6.45) is 1.87. The highest BCUT2D eigenvalue weighted by molar-refractivity contribution is 5.81. The van der Waals surface area contributed by atoms with Crippen LogP contribution in [0, 0.1) is 0 Å². The number of carbonyl (C=O) groups excluding carboxylic acids is 1. The van der Waals surface area contributed by atoms with E-state index in [9.17, 15) is 4.79 Å². The van der Waals surface area contributed by atoms with Gasteiger partial charge in [0.2, 0.25) is 0 Å². The van der Waals surface area contributed by atoms with Gasteiger partial charge in [-0.25, -0.2) is 0 Å². The second-order valence-electron chi connectivity index (χ2n) is 7.38. The van der Waals surface area contributed by atoms with Gasteiger partial charge in [-0.3, -0.25) is 4.79 Å². The van der Waals surface area contributed by atoms with Gasteiger partial charge in [0.15, 0.2) is 0 Å². The number of nitrogens with two attached hydrogens (primary N) is 1. The Bertz CT molecular complexity index is 765. The van der Waals surface area contributed by atoms with Crippen LogP contribution in [0.25, 0.3) is 0 Å². The van der Waals surface area contributed by atoms with Crippen LogP contribution < -0.4 is 10.5 Å². The molecule has 2 aromatic rings. The first-order chi connectivity index (χ1) is 13.6. The van der Waals surface area contributed by atoms with Crippen molar-refractivity contribution < 1.29 is 14.3 Å². The Kier molecular flexibility index (Phi) is 7.06. The molecule has 3 atom stereocenters. The van der Waals surface area contributed by atoms with Crippen LogP contribution in [0.3, 0.4) is 0 Å². The lowest BCUT2D eigenvalue weighted by molar-refractivity contribution is -0.145. The number of rotatable bonds is 8. The number of nitrogens with zero attached hydrogens (tertiary/aromatic N) is 1. The van der Waals surface area contributed by atoms with Gasteiger partial charge in [-0.15, -0.1) is 0 Å².